The van der Waals surface area contributed by atoms with Crippen molar-refractivity contribution in [3.8, 4) is 0 Å². The third-order valence-electron chi connectivity index (χ3n) is 4.47. The van der Waals surface area contributed by atoms with E-state index in [1.165, 1.54) is 22.2 Å². The van der Waals surface area contributed by atoms with Crippen molar-refractivity contribution in [2.24, 2.45) is 7.05 Å². The van der Waals surface area contributed by atoms with Gasteiger partial charge in [0.15, 0.2) is 0 Å². The Morgan fingerprint density at radius 3 is 2.92 bits per heavy atom. The van der Waals surface area contributed by atoms with Crippen molar-refractivity contribution in [2.45, 2.75) is 19.9 Å². The molecule has 1 amide bonds. The molecule has 0 bridgehead atoms. The SMILES string of the molecule is Cc1csc(C2COCCN2C(=O)c2c(C)oc3ncn(C)c(=O)c23)n1. The van der Waals surface area contributed by atoms with Gasteiger partial charge in [-0.2, -0.15) is 0 Å². The fourth-order valence-corrected chi connectivity index (χ4v) is 4.06. The zero-order chi connectivity index (χ0) is 18.4. The predicted octanol–water partition coefficient (Wildman–Crippen LogP) is 1.81. The molecule has 4 rings (SSSR count). The summed E-state index contributed by atoms with van der Waals surface area (Å²) in [6, 6.07) is -0.278. The smallest absolute Gasteiger partial charge is 0.265 e. The van der Waals surface area contributed by atoms with E-state index >= 15 is 0 Å². The number of fused-ring (bicyclic) bond motifs is 1. The minimum atomic E-state index is -0.301. The lowest BCUT2D eigenvalue weighted by molar-refractivity contribution is -0.00277. The number of thiazole rings is 1. The average Bonchev–Trinajstić information content (AvgIpc) is 3.21. The van der Waals surface area contributed by atoms with Gasteiger partial charge in [0.05, 0.1) is 18.8 Å². The number of morpholine rings is 1. The molecular formula is C17H18N4O4S. The fourth-order valence-electron chi connectivity index (χ4n) is 3.16. The Balaban J connectivity index is 1.81. The molecule has 9 heteroatoms. The first-order valence-electron chi connectivity index (χ1n) is 8.23. The van der Waals surface area contributed by atoms with E-state index in [0.717, 1.165) is 10.7 Å². The van der Waals surface area contributed by atoms with Crippen LogP contribution >= 0.6 is 11.3 Å². The van der Waals surface area contributed by atoms with Crippen LogP contribution in [0, 0.1) is 13.8 Å². The van der Waals surface area contributed by atoms with Gasteiger partial charge in [-0.15, -0.1) is 11.3 Å². The van der Waals surface area contributed by atoms with Gasteiger partial charge in [-0.3, -0.25) is 9.59 Å². The van der Waals surface area contributed by atoms with Gasteiger partial charge in [0.1, 0.15) is 28.5 Å². The Morgan fingerprint density at radius 2 is 2.19 bits per heavy atom. The van der Waals surface area contributed by atoms with Gasteiger partial charge < -0.3 is 18.6 Å². The number of aryl methyl sites for hydroxylation is 3. The Bertz CT molecular complexity index is 1050. The van der Waals surface area contributed by atoms with Crippen molar-refractivity contribution in [2.75, 3.05) is 19.8 Å². The largest absolute Gasteiger partial charge is 0.442 e. The Kier molecular flexibility index (Phi) is 4.12. The molecule has 0 N–H and O–H groups in total. The van der Waals surface area contributed by atoms with Gasteiger partial charge in [0.2, 0.25) is 5.71 Å². The second kappa shape index (κ2) is 6.33. The zero-order valence-electron chi connectivity index (χ0n) is 14.7. The summed E-state index contributed by atoms with van der Waals surface area (Å²) in [5.74, 6) is 0.133. The molecule has 0 saturated carbocycles. The number of hydrogen-bond acceptors (Lipinski definition) is 7. The highest BCUT2D eigenvalue weighted by Crippen LogP contribution is 2.31. The quantitative estimate of drug-likeness (QED) is 0.680. The number of aromatic nitrogens is 3. The second-order valence-electron chi connectivity index (χ2n) is 6.29. The molecule has 1 atom stereocenters. The maximum Gasteiger partial charge on any atom is 0.265 e. The number of rotatable bonds is 2. The van der Waals surface area contributed by atoms with Crippen molar-refractivity contribution < 1.29 is 13.9 Å². The highest BCUT2D eigenvalue weighted by atomic mass is 32.1. The van der Waals surface area contributed by atoms with E-state index in [1.54, 1.807) is 18.9 Å². The fraction of sp³-hybridized carbons (Fsp3) is 0.412. The van der Waals surface area contributed by atoms with Gasteiger partial charge in [-0.1, -0.05) is 0 Å². The highest BCUT2D eigenvalue weighted by Gasteiger charge is 2.34. The summed E-state index contributed by atoms with van der Waals surface area (Å²) in [5.41, 5.74) is 1.06. The molecule has 8 nitrogen and oxygen atoms in total. The molecule has 1 saturated heterocycles. The third kappa shape index (κ3) is 2.63. The molecule has 26 heavy (non-hydrogen) atoms. The van der Waals surface area contributed by atoms with Crippen LogP contribution in [0.4, 0.5) is 0 Å². The van der Waals surface area contributed by atoms with Crippen LogP contribution in [0.15, 0.2) is 20.9 Å². The van der Waals surface area contributed by atoms with Crippen molar-refractivity contribution in [1.82, 2.24) is 19.4 Å². The summed E-state index contributed by atoms with van der Waals surface area (Å²) >= 11 is 1.50. The molecule has 1 fully saturated rings. The molecule has 3 aromatic rings. The van der Waals surface area contributed by atoms with E-state index < -0.39 is 0 Å². The molecule has 3 aromatic heterocycles. The monoisotopic (exact) mass is 374 g/mol. The predicted molar refractivity (Wildman–Crippen MR) is 95.4 cm³/mol. The summed E-state index contributed by atoms with van der Waals surface area (Å²) in [6.45, 7) is 4.84. The molecule has 1 unspecified atom stereocenters. The summed E-state index contributed by atoms with van der Waals surface area (Å²) < 4.78 is 12.5. The second-order valence-corrected chi connectivity index (χ2v) is 7.18. The van der Waals surface area contributed by atoms with Gasteiger partial charge in [-0.05, 0) is 13.8 Å². The van der Waals surface area contributed by atoms with Gasteiger partial charge in [-0.25, -0.2) is 9.97 Å². The van der Waals surface area contributed by atoms with Crippen LogP contribution in [-0.4, -0.2) is 45.1 Å². The summed E-state index contributed by atoms with van der Waals surface area (Å²) in [7, 11) is 1.60. The van der Waals surface area contributed by atoms with Crippen molar-refractivity contribution in [1.29, 1.82) is 0 Å². The number of amides is 1. The maximum absolute atomic E-state index is 13.4. The van der Waals surface area contributed by atoms with Crippen molar-refractivity contribution in [3.63, 3.8) is 0 Å². The number of nitrogens with zero attached hydrogens (tertiary/aromatic N) is 4. The molecule has 0 aromatic carbocycles. The lowest BCUT2D eigenvalue weighted by Crippen LogP contribution is -2.43. The number of carbonyl (C=O) groups is 1. The first-order chi connectivity index (χ1) is 12.5. The minimum absolute atomic E-state index is 0.184. The molecule has 0 spiro atoms. The Hall–Kier alpha value is -2.52. The Labute approximate surface area is 153 Å². The van der Waals surface area contributed by atoms with E-state index in [9.17, 15) is 9.59 Å². The van der Waals surface area contributed by atoms with Crippen LogP contribution in [0.3, 0.4) is 0 Å². The average molecular weight is 374 g/mol. The van der Waals surface area contributed by atoms with E-state index in [2.05, 4.69) is 9.97 Å². The van der Waals surface area contributed by atoms with E-state index in [0.29, 0.717) is 25.5 Å². The van der Waals surface area contributed by atoms with E-state index in [-0.39, 0.29) is 34.2 Å². The maximum atomic E-state index is 13.4. The Morgan fingerprint density at radius 1 is 1.38 bits per heavy atom. The lowest BCUT2D eigenvalue weighted by Gasteiger charge is -2.34. The van der Waals surface area contributed by atoms with Gasteiger partial charge >= 0.3 is 0 Å². The number of hydrogen-bond donors (Lipinski definition) is 0. The van der Waals surface area contributed by atoms with Gasteiger partial charge in [0.25, 0.3) is 11.5 Å². The summed E-state index contributed by atoms with van der Waals surface area (Å²) in [4.78, 5) is 36.3. The molecule has 0 aliphatic carbocycles. The molecule has 4 heterocycles. The standard InChI is InChI=1S/C17H18N4O4S/c1-9-7-26-15(19-9)11-6-24-5-4-21(11)17(23)12-10(2)25-14-13(12)16(22)20(3)8-18-14/h7-8,11H,4-6H2,1-3H3. The number of furan rings is 1. The number of ether oxygens (including phenoxy) is 1. The van der Waals surface area contributed by atoms with Crippen LogP contribution in [-0.2, 0) is 11.8 Å². The zero-order valence-corrected chi connectivity index (χ0v) is 15.5. The number of carbonyl (C=O) groups excluding carboxylic acids is 1. The third-order valence-corrected chi connectivity index (χ3v) is 5.54. The van der Waals surface area contributed by atoms with Crippen LogP contribution in [0.25, 0.3) is 11.1 Å². The van der Waals surface area contributed by atoms with E-state index in [4.69, 9.17) is 9.15 Å². The van der Waals surface area contributed by atoms with Crippen LogP contribution in [0.1, 0.15) is 32.9 Å². The molecule has 136 valence electrons. The van der Waals surface area contributed by atoms with Crippen LogP contribution in [0.5, 0.6) is 0 Å². The minimum Gasteiger partial charge on any atom is -0.442 e. The summed E-state index contributed by atoms with van der Waals surface area (Å²) in [6.07, 6.45) is 1.39. The molecular weight excluding hydrogens is 356 g/mol. The molecule has 0 radical (unpaired) electrons. The van der Waals surface area contributed by atoms with Crippen LogP contribution < -0.4 is 5.56 Å². The van der Waals surface area contributed by atoms with Crippen molar-refractivity contribution in [3.05, 3.63) is 44.1 Å². The normalized spacial score (nSPS) is 17.8. The molecule has 1 aliphatic rings. The first kappa shape index (κ1) is 16.9. The van der Waals surface area contributed by atoms with Crippen molar-refractivity contribution >= 4 is 28.3 Å². The van der Waals surface area contributed by atoms with Crippen LogP contribution in [0.2, 0.25) is 0 Å². The molecule has 1 aliphatic heterocycles. The lowest BCUT2D eigenvalue weighted by atomic mass is 10.1. The summed E-state index contributed by atoms with van der Waals surface area (Å²) in [5, 5.41) is 3.00. The topological polar surface area (TPSA) is 90.5 Å². The highest BCUT2D eigenvalue weighted by molar-refractivity contribution is 7.09. The van der Waals surface area contributed by atoms with E-state index in [1.807, 2.05) is 12.3 Å². The first-order valence-corrected chi connectivity index (χ1v) is 9.10. The van der Waals surface area contributed by atoms with Gasteiger partial charge in [0, 0.05) is 24.7 Å².